The van der Waals surface area contributed by atoms with Crippen molar-refractivity contribution in [1.29, 1.82) is 5.41 Å². The molecule has 168 valence electrons. The maximum atomic E-state index is 14.8. The van der Waals surface area contributed by atoms with Gasteiger partial charge in [0.1, 0.15) is 17.5 Å². The van der Waals surface area contributed by atoms with Crippen molar-refractivity contribution in [2.75, 3.05) is 7.11 Å². The quantitative estimate of drug-likeness (QED) is 0.217. The second kappa shape index (κ2) is 10.7. The van der Waals surface area contributed by atoms with Crippen molar-refractivity contribution in [3.05, 3.63) is 94.5 Å². The Morgan fingerprint density at radius 2 is 1.69 bits per heavy atom. The van der Waals surface area contributed by atoms with E-state index in [1.165, 1.54) is 31.6 Å². The number of hydrogen-bond donors (Lipinski definition) is 3. The predicted molar refractivity (Wildman–Crippen MR) is 117 cm³/mol. The lowest BCUT2D eigenvalue weighted by Crippen LogP contribution is -2.31. The van der Waals surface area contributed by atoms with Crippen molar-refractivity contribution in [1.82, 2.24) is 5.32 Å². The van der Waals surface area contributed by atoms with Crippen LogP contribution in [0.1, 0.15) is 22.8 Å². The van der Waals surface area contributed by atoms with Crippen LogP contribution in [0.2, 0.25) is 0 Å². The molecule has 1 amide bonds. The zero-order valence-electron chi connectivity index (χ0n) is 17.0. The number of carbonyl (C=O) groups is 1. The molecular weight excluding hydrogens is 442 g/mol. The van der Waals surface area contributed by atoms with Crippen LogP contribution < -0.4 is 15.8 Å². The van der Waals surface area contributed by atoms with Gasteiger partial charge < -0.3 is 21.0 Å². The Balaban J connectivity index is 0.00000363. The Labute approximate surface area is 189 Å². The Bertz CT molecular complexity index is 1090. The minimum absolute atomic E-state index is 0. The summed E-state index contributed by atoms with van der Waals surface area (Å²) in [4.78, 5) is 12.6. The number of carbonyl (C=O) groups excluding carboxylic acids is 1. The fraction of sp³-hybridized carbons (Fsp3) is 0.136. The predicted octanol–water partition coefficient (Wildman–Crippen LogP) is 2.97. The Kier molecular flexibility index (Phi) is 8.22. The zero-order valence-corrected chi connectivity index (χ0v) is 17.8. The number of nitrogen functional groups attached to an aromatic ring is 1. The Morgan fingerprint density at radius 3 is 2.19 bits per heavy atom. The largest absolute Gasteiger partial charge is 0.619 e. The van der Waals surface area contributed by atoms with E-state index in [1.807, 2.05) is 0 Å². The van der Waals surface area contributed by atoms with E-state index >= 15 is 0 Å². The van der Waals surface area contributed by atoms with Crippen LogP contribution in [0.4, 0.5) is 8.78 Å². The van der Waals surface area contributed by atoms with E-state index in [0.717, 1.165) is 12.1 Å². The monoisotopic (exact) mass is 462 g/mol. The van der Waals surface area contributed by atoms with E-state index in [9.17, 15) is 18.8 Å². The summed E-state index contributed by atoms with van der Waals surface area (Å²) in [5.74, 6) is -2.67. The Morgan fingerprint density at radius 1 is 1.12 bits per heavy atom. The maximum Gasteiger partial charge on any atom is 0.254 e. The molecule has 7 nitrogen and oxygen atoms in total. The van der Waals surface area contributed by atoms with Crippen molar-refractivity contribution < 1.29 is 23.0 Å². The summed E-state index contributed by atoms with van der Waals surface area (Å²) in [6, 6.07) is 11.7. The van der Waals surface area contributed by atoms with Crippen LogP contribution in [0.5, 0.6) is 0 Å². The average molecular weight is 463 g/mol. The number of nitrogens with one attached hydrogen (secondary N) is 2. The molecule has 0 radical (unpaired) electrons. The number of amidine groups is 1. The number of hydrogen-bond acceptors (Lipinski definition) is 4. The molecule has 1 heterocycles. The van der Waals surface area contributed by atoms with Gasteiger partial charge in [-0.25, -0.2) is 8.78 Å². The maximum absolute atomic E-state index is 14.8. The molecule has 1 unspecified atom stereocenters. The van der Waals surface area contributed by atoms with E-state index in [4.69, 9.17) is 15.9 Å². The van der Waals surface area contributed by atoms with E-state index in [0.29, 0.717) is 21.4 Å². The van der Waals surface area contributed by atoms with Gasteiger partial charge in [0, 0.05) is 31.4 Å². The molecule has 32 heavy (non-hydrogen) atoms. The SMILES string of the molecule is COC(C(=O)NCc1ccc(C(=N)N)cc1)c1c(F)cc(-c2cc[n+]([O-])cc2)cc1F.Cl. The first kappa shape index (κ1) is 24.7. The van der Waals surface area contributed by atoms with Gasteiger partial charge in [0.25, 0.3) is 5.91 Å². The number of nitrogens with zero attached hydrogens (tertiary/aromatic N) is 1. The van der Waals surface area contributed by atoms with Crippen LogP contribution in [0, 0.1) is 22.3 Å². The van der Waals surface area contributed by atoms with Crippen LogP contribution in [0.3, 0.4) is 0 Å². The second-order valence-electron chi connectivity index (χ2n) is 6.74. The molecule has 0 fully saturated rings. The molecule has 3 aromatic rings. The zero-order chi connectivity index (χ0) is 22.5. The molecule has 2 aromatic carbocycles. The van der Waals surface area contributed by atoms with Gasteiger partial charge in [-0.2, -0.15) is 4.73 Å². The molecule has 1 aromatic heterocycles. The molecule has 1 atom stereocenters. The third kappa shape index (κ3) is 5.57. The number of benzene rings is 2. The summed E-state index contributed by atoms with van der Waals surface area (Å²) < 4.78 is 35.2. The molecule has 0 bridgehead atoms. The normalized spacial score (nSPS) is 11.3. The van der Waals surface area contributed by atoms with E-state index in [2.05, 4.69) is 5.32 Å². The molecular formula is C22H21ClF2N4O3. The number of methoxy groups -OCH3 is 1. The lowest BCUT2D eigenvalue weighted by molar-refractivity contribution is -0.605. The van der Waals surface area contributed by atoms with E-state index in [-0.39, 0.29) is 30.4 Å². The van der Waals surface area contributed by atoms with Gasteiger partial charge in [0.15, 0.2) is 18.5 Å². The minimum Gasteiger partial charge on any atom is -0.619 e. The molecule has 0 spiro atoms. The van der Waals surface area contributed by atoms with Gasteiger partial charge in [-0.1, -0.05) is 24.3 Å². The first-order chi connectivity index (χ1) is 14.8. The number of rotatable bonds is 7. The average Bonchev–Trinajstić information content (AvgIpc) is 2.75. The molecule has 4 N–H and O–H groups in total. The van der Waals surface area contributed by atoms with Gasteiger partial charge in [-0.15, -0.1) is 12.4 Å². The van der Waals surface area contributed by atoms with Crippen molar-refractivity contribution in [2.24, 2.45) is 5.73 Å². The molecule has 0 saturated carbocycles. The smallest absolute Gasteiger partial charge is 0.254 e. The number of aromatic nitrogens is 1. The highest BCUT2D eigenvalue weighted by atomic mass is 35.5. The molecule has 0 aliphatic carbocycles. The van der Waals surface area contributed by atoms with Crippen molar-refractivity contribution in [3.8, 4) is 11.1 Å². The summed E-state index contributed by atoms with van der Waals surface area (Å²) in [6.45, 7) is 0.0947. The van der Waals surface area contributed by atoms with Gasteiger partial charge >= 0.3 is 0 Å². The third-order valence-electron chi connectivity index (χ3n) is 4.68. The van der Waals surface area contributed by atoms with Crippen LogP contribution in [-0.2, 0) is 16.1 Å². The lowest BCUT2D eigenvalue weighted by Gasteiger charge is -2.18. The van der Waals surface area contributed by atoms with Crippen molar-refractivity contribution in [2.45, 2.75) is 12.6 Å². The summed E-state index contributed by atoms with van der Waals surface area (Å²) in [7, 11) is 1.18. The Hall–Kier alpha value is -3.56. The topological polar surface area (TPSA) is 115 Å². The fourth-order valence-electron chi connectivity index (χ4n) is 3.05. The summed E-state index contributed by atoms with van der Waals surface area (Å²) in [5, 5.41) is 21.1. The first-order valence-electron chi connectivity index (χ1n) is 9.22. The van der Waals surface area contributed by atoms with Crippen LogP contribution in [0.25, 0.3) is 11.1 Å². The first-order valence-corrected chi connectivity index (χ1v) is 9.22. The van der Waals surface area contributed by atoms with Crippen LogP contribution >= 0.6 is 12.4 Å². The molecule has 10 heteroatoms. The standard InChI is InChI=1S/C22H20F2N4O3.ClH/c1-31-20(22(29)27-12-13-2-4-15(5-3-13)21(25)26)19-17(23)10-16(11-18(19)24)14-6-8-28(30)9-7-14;/h2-11,20H,12H2,1H3,(H3,25,26)(H,27,29);1H. The summed E-state index contributed by atoms with van der Waals surface area (Å²) in [5.41, 5.74) is 6.82. The van der Waals surface area contributed by atoms with Crippen molar-refractivity contribution in [3.63, 3.8) is 0 Å². The number of amides is 1. The van der Waals surface area contributed by atoms with Gasteiger partial charge in [0.05, 0.1) is 5.56 Å². The second-order valence-corrected chi connectivity index (χ2v) is 6.74. The van der Waals surface area contributed by atoms with Gasteiger partial charge in [0.2, 0.25) is 0 Å². The molecule has 3 rings (SSSR count). The molecule has 0 saturated heterocycles. The van der Waals surface area contributed by atoms with E-state index in [1.54, 1.807) is 24.3 Å². The number of pyridine rings is 1. The number of nitrogens with two attached hydrogens (primary N) is 1. The van der Waals surface area contributed by atoms with Crippen molar-refractivity contribution >= 4 is 24.1 Å². The molecule has 0 aliphatic rings. The fourth-order valence-corrected chi connectivity index (χ4v) is 3.05. The highest BCUT2D eigenvalue weighted by Crippen LogP contribution is 2.29. The summed E-state index contributed by atoms with van der Waals surface area (Å²) in [6.07, 6.45) is 0.936. The summed E-state index contributed by atoms with van der Waals surface area (Å²) >= 11 is 0. The lowest BCUT2D eigenvalue weighted by atomic mass is 10.0. The minimum atomic E-state index is -1.50. The van der Waals surface area contributed by atoms with Gasteiger partial charge in [-0.05, 0) is 28.8 Å². The third-order valence-corrected chi connectivity index (χ3v) is 4.68. The highest BCUT2D eigenvalue weighted by Gasteiger charge is 2.27. The number of halogens is 3. The highest BCUT2D eigenvalue weighted by molar-refractivity contribution is 5.94. The molecule has 0 aliphatic heterocycles. The van der Waals surface area contributed by atoms with E-state index < -0.39 is 29.2 Å². The number of ether oxygens (including phenoxy) is 1. The van der Waals surface area contributed by atoms with Crippen LogP contribution in [0.15, 0.2) is 60.9 Å². The van der Waals surface area contributed by atoms with Crippen LogP contribution in [-0.4, -0.2) is 18.9 Å². The van der Waals surface area contributed by atoms with Gasteiger partial charge in [-0.3, -0.25) is 10.2 Å².